The van der Waals surface area contributed by atoms with E-state index in [4.69, 9.17) is 10.5 Å². The molecule has 4 fully saturated rings. The molecule has 6 nitrogen and oxygen atoms in total. The predicted octanol–water partition coefficient (Wildman–Crippen LogP) is 2.41. The van der Waals surface area contributed by atoms with Crippen molar-refractivity contribution in [3.63, 3.8) is 0 Å². The molecule has 0 aliphatic heterocycles. The Labute approximate surface area is 128 Å². The summed E-state index contributed by atoms with van der Waals surface area (Å²) in [5.74, 6) is 2.92. The molecule has 0 atom stereocenters. The van der Waals surface area contributed by atoms with Crippen LogP contribution >= 0.6 is 0 Å². The number of nitrogen functional groups attached to an aromatic ring is 1. The first-order valence-corrected chi connectivity index (χ1v) is 8.23. The molecule has 2 aromatic heterocycles. The Bertz CT molecular complexity index is 717. The normalized spacial score (nSPS) is 36.1. The number of methoxy groups -OCH3 is 1. The molecule has 4 saturated carbocycles. The van der Waals surface area contributed by atoms with Gasteiger partial charge in [-0.25, -0.2) is 4.98 Å². The van der Waals surface area contributed by atoms with Gasteiger partial charge in [0.25, 0.3) is 6.01 Å². The molecule has 116 valence electrons. The minimum Gasteiger partial charge on any atom is -0.468 e. The molecule has 6 rings (SSSR count). The van der Waals surface area contributed by atoms with Crippen LogP contribution in [0.15, 0.2) is 0 Å². The second kappa shape index (κ2) is 4.12. The average Bonchev–Trinajstić information content (AvgIpc) is 2.87. The third-order valence-electron chi connectivity index (χ3n) is 6.08. The summed E-state index contributed by atoms with van der Waals surface area (Å²) in [5, 5.41) is 0. The van der Waals surface area contributed by atoms with E-state index >= 15 is 0 Å². The maximum Gasteiger partial charge on any atom is 0.295 e. The fourth-order valence-corrected chi connectivity index (χ4v) is 5.77. The van der Waals surface area contributed by atoms with Crippen molar-refractivity contribution in [1.29, 1.82) is 0 Å². The second-order valence-electron chi connectivity index (χ2n) is 7.57. The summed E-state index contributed by atoms with van der Waals surface area (Å²) >= 11 is 0. The fraction of sp³-hybridized carbons (Fsp3) is 0.688. The van der Waals surface area contributed by atoms with Gasteiger partial charge in [0.1, 0.15) is 5.52 Å². The van der Waals surface area contributed by atoms with Crippen molar-refractivity contribution in [2.75, 3.05) is 12.8 Å². The lowest BCUT2D eigenvalue weighted by molar-refractivity contribution is -0.00650. The summed E-state index contributed by atoms with van der Waals surface area (Å²) < 4.78 is 5.24. The van der Waals surface area contributed by atoms with Crippen LogP contribution in [0.4, 0.5) is 5.95 Å². The quantitative estimate of drug-likeness (QED) is 0.888. The summed E-state index contributed by atoms with van der Waals surface area (Å²) in [5.41, 5.74) is 8.79. The topological polar surface area (TPSA) is 89.7 Å². The van der Waals surface area contributed by atoms with Crippen molar-refractivity contribution in [2.24, 2.45) is 17.8 Å². The Kier molecular flexibility index (Phi) is 2.37. The Morgan fingerprint density at radius 3 is 2.27 bits per heavy atom. The summed E-state index contributed by atoms with van der Waals surface area (Å²) in [6.45, 7) is 0. The third-order valence-corrected chi connectivity index (χ3v) is 6.08. The standard InChI is InChI=1S/C16H21N5O/c1-22-15-18-11-12(19-14(17)20-13(11)21-15)16-5-8-2-9(6-16)4-10(3-8)7-16/h8-10H,2-7H2,1H3,(H3,17,18,19,20,21). The van der Waals surface area contributed by atoms with Gasteiger partial charge < -0.3 is 15.5 Å². The van der Waals surface area contributed by atoms with Gasteiger partial charge >= 0.3 is 0 Å². The summed E-state index contributed by atoms with van der Waals surface area (Å²) in [4.78, 5) is 16.6. The highest BCUT2D eigenvalue weighted by Crippen LogP contribution is 2.61. The van der Waals surface area contributed by atoms with Gasteiger partial charge in [0, 0.05) is 5.41 Å². The molecule has 0 aromatic carbocycles. The Hall–Kier alpha value is -1.85. The highest BCUT2D eigenvalue weighted by atomic mass is 16.5. The Morgan fingerprint density at radius 2 is 1.68 bits per heavy atom. The molecule has 3 N–H and O–H groups in total. The number of aromatic nitrogens is 4. The van der Waals surface area contributed by atoms with E-state index in [1.807, 2.05) is 0 Å². The number of nitrogens with zero attached hydrogens (tertiary/aromatic N) is 3. The van der Waals surface area contributed by atoms with Crippen LogP contribution in [0.5, 0.6) is 6.01 Å². The molecule has 2 heterocycles. The number of ether oxygens (including phenoxy) is 1. The van der Waals surface area contributed by atoms with Gasteiger partial charge in [0.05, 0.1) is 12.8 Å². The van der Waals surface area contributed by atoms with Gasteiger partial charge in [-0.2, -0.15) is 9.97 Å². The predicted molar refractivity (Wildman–Crippen MR) is 82.5 cm³/mol. The van der Waals surface area contributed by atoms with Crippen LogP contribution < -0.4 is 10.5 Å². The Balaban J connectivity index is 1.71. The SMILES string of the molecule is COc1nc2nc(N)nc(C34CC5CC(CC(C5)C3)C4)c2[nH]1. The number of aromatic amines is 1. The Morgan fingerprint density at radius 1 is 1.05 bits per heavy atom. The molecule has 0 saturated heterocycles. The average molecular weight is 299 g/mol. The zero-order valence-electron chi connectivity index (χ0n) is 12.8. The molecule has 4 aliphatic carbocycles. The van der Waals surface area contributed by atoms with Crippen molar-refractivity contribution >= 4 is 17.1 Å². The first-order chi connectivity index (χ1) is 10.6. The summed E-state index contributed by atoms with van der Waals surface area (Å²) in [7, 11) is 1.61. The number of fused-ring (bicyclic) bond motifs is 1. The van der Waals surface area contributed by atoms with Crippen molar-refractivity contribution < 1.29 is 4.74 Å². The molecule has 0 radical (unpaired) electrons. The molecular weight excluding hydrogens is 278 g/mol. The molecule has 22 heavy (non-hydrogen) atoms. The van der Waals surface area contributed by atoms with Gasteiger partial charge in [0.15, 0.2) is 5.65 Å². The van der Waals surface area contributed by atoms with Crippen LogP contribution in [0.1, 0.15) is 44.2 Å². The molecule has 4 aliphatic rings. The van der Waals surface area contributed by atoms with E-state index in [1.165, 1.54) is 38.5 Å². The first-order valence-electron chi connectivity index (χ1n) is 8.23. The molecule has 4 bridgehead atoms. The summed E-state index contributed by atoms with van der Waals surface area (Å²) in [6.07, 6.45) is 7.96. The zero-order chi connectivity index (χ0) is 14.9. The van der Waals surface area contributed by atoms with E-state index in [1.54, 1.807) is 7.11 Å². The van der Waals surface area contributed by atoms with E-state index in [2.05, 4.69) is 19.9 Å². The highest BCUT2D eigenvalue weighted by Gasteiger charge is 2.53. The van der Waals surface area contributed by atoms with Gasteiger partial charge in [-0.1, -0.05) is 0 Å². The monoisotopic (exact) mass is 299 g/mol. The molecular formula is C16H21N5O. The molecule has 2 aromatic rings. The minimum atomic E-state index is 0.168. The van der Waals surface area contributed by atoms with Crippen LogP contribution in [0.25, 0.3) is 11.2 Å². The fourth-order valence-electron chi connectivity index (χ4n) is 5.77. The maximum absolute atomic E-state index is 5.98. The van der Waals surface area contributed by atoms with E-state index in [0.29, 0.717) is 17.6 Å². The van der Waals surface area contributed by atoms with Crippen LogP contribution in [-0.4, -0.2) is 27.0 Å². The second-order valence-corrected chi connectivity index (χ2v) is 7.57. The van der Waals surface area contributed by atoms with Crippen molar-refractivity contribution in [1.82, 2.24) is 19.9 Å². The third kappa shape index (κ3) is 1.63. The van der Waals surface area contributed by atoms with E-state index < -0.39 is 0 Å². The largest absolute Gasteiger partial charge is 0.468 e. The van der Waals surface area contributed by atoms with Gasteiger partial charge in [-0.3, -0.25) is 0 Å². The number of rotatable bonds is 2. The van der Waals surface area contributed by atoms with Crippen molar-refractivity contribution in [2.45, 2.75) is 43.9 Å². The minimum absolute atomic E-state index is 0.168. The van der Waals surface area contributed by atoms with Gasteiger partial charge in [-0.15, -0.1) is 0 Å². The smallest absolute Gasteiger partial charge is 0.295 e. The lowest BCUT2D eigenvalue weighted by atomic mass is 9.48. The lowest BCUT2D eigenvalue weighted by Gasteiger charge is -2.56. The number of hydrogen-bond donors (Lipinski definition) is 2. The van der Waals surface area contributed by atoms with Crippen LogP contribution in [0, 0.1) is 17.8 Å². The van der Waals surface area contributed by atoms with Crippen molar-refractivity contribution in [3.05, 3.63) is 5.69 Å². The number of anilines is 1. The summed E-state index contributed by atoms with van der Waals surface area (Å²) in [6, 6.07) is 0.487. The number of nitrogens with one attached hydrogen (secondary N) is 1. The number of imidazole rings is 1. The van der Waals surface area contributed by atoms with Crippen LogP contribution in [0.2, 0.25) is 0 Å². The van der Waals surface area contributed by atoms with Crippen LogP contribution in [0.3, 0.4) is 0 Å². The van der Waals surface area contributed by atoms with Gasteiger partial charge in [0.2, 0.25) is 5.95 Å². The first kappa shape index (κ1) is 12.7. The van der Waals surface area contributed by atoms with Crippen molar-refractivity contribution in [3.8, 4) is 6.01 Å². The number of hydrogen-bond acceptors (Lipinski definition) is 5. The molecule has 0 spiro atoms. The number of H-pyrrole nitrogens is 1. The molecule has 6 heteroatoms. The zero-order valence-corrected chi connectivity index (χ0v) is 12.8. The maximum atomic E-state index is 5.98. The van der Waals surface area contributed by atoms with Crippen LogP contribution in [-0.2, 0) is 5.41 Å². The van der Waals surface area contributed by atoms with E-state index in [9.17, 15) is 0 Å². The molecule has 0 unspecified atom stereocenters. The number of nitrogens with two attached hydrogens (primary N) is 1. The van der Waals surface area contributed by atoms with Gasteiger partial charge in [-0.05, 0) is 56.3 Å². The van der Waals surface area contributed by atoms with E-state index in [-0.39, 0.29) is 5.41 Å². The van der Waals surface area contributed by atoms with E-state index in [0.717, 1.165) is 29.0 Å². The lowest BCUT2D eigenvalue weighted by Crippen LogP contribution is -2.49. The molecule has 0 amide bonds. The highest BCUT2D eigenvalue weighted by molar-refractivity contribution is 5.76.